The van der Waals surface area contributed by atoms with Gasteiger partial charge in [-0.1, -0.05) is 0 Å². The van der Waals surface area contributed by atoms with E-state index in [9.17, 15) is 4.79 Å². The topological polar surface area (TPSA) is 68.2 Å². The summed E-state index contributed by atoms with van der Waals surface area (Å²) in [5.41, 5.74) is 0. The molecule has 1 unspecified atom stereocenters. The summed E-state index contributed by atoms with van der Waals surface area (Å²) in [6.07, 6.45) is 2.99. The molecule has 22 heavy (non-hydrogen) atoms. The van der Waals surface area contributed by atoms with Crippen molar-refractivity contribution in [2.24, 2.45) is 0 Å². The Morgan fingerprint density at radius 2 is 2.18 bits per heavy atom. The van der Waals surface area contributed by atoms with Gasteiger partial charge in [-0.2, -0.15) is 0 Å². The van der Waals surface area contributed by atoms with Crippen molar-refractivity contribution >= 4 is 5.97 Å². The highest BCUT2D eigenvalue weighted by molar-refractivity contribution is 5.73. The van der Waals surface area contributed by atoms with Crippen LogP contribution in [0.4, 0.5) is 0 Å². The van der Waals surface area contributed by atoms with Crippen molar-refractivity contribution < 1.29 is 24.1 Å². The van der Waals surface area contributed by atoms with E-state index in [4.69, 9.17) is 19.3 Å². The molecule has 2 aliphatic rings. The lowest BCUT2D eigenvalue weighted by molar-refractivity contribution is -0.142. The van der Waals surface area contributed by atoms with Crippen LogP contribution in [0.1, 0.15) is 26.2 Å². The molecule has 0 aromatic heterocycles. The summed E-state index contributed by atoms with van der Waals surface area (Å²) in [4.78, 5) is 13.2. The molecule has 1 aliphatic heterocycles. The number of carboxylic acids is 1. The van der Waals surface area contributed by atoms with Crippen molar-refractivity contribution in [3.63, 3.8) is 0 Å². The van der Waals surface area contributed by atoms with Gasteiger partial charge in [0.1, 0.15) is 11.8 Å². The number of ether oxygens (including phenoxy) is 3. The molecule has 1 aliphatic carbocycles. The van der Waals surface area contributed by atoms with Crippen LogP contribution >= 0.6 is 0 Å². The fourth-order valence-electron chi connectivity index (χ4n) is 2.64. The highest BCUT2D eigenvalue weighted by Gasteiger charge is 2.34. The van der Waals surface area contributed by atoms with E-state index in [1.165, 1.54) is 0 Å². The van der Waals surface area contributed by atoms with Crippen LogP contribution in [0.3, 0.4) is 0 Å². The fourth-order valence-corrected chi connectivity index (χ4v) is 2.64. The molecule has 1 fully saturated rings. The molecule has 0 spiro atoms. The zero-order chi connectivity index (χ0) is 15.5. The van der Waals surface area contributed by atoms with Gasteiger partial charge >= 0.3 is 5.97 Å². The van der Waals surface area contributed by atoms with Crippen molar-refractivity contribution in [2.45, 2.75) is 38.3 Å². The molecule has 0 saturated heterocycles. The van der Waals surface area contributed by atoms with Gasteiger partial charge in [-0.3, -0.25) is 9.69 Å². The Bertz CT molecular complexity index is 543. The second kappa shape index (κ2) is 6.44. The lowest BCUT2D eigenvalue weighted by Crippen LogP contribution is -2.41. The van der Waals surface area contributed by atoms with Gasteiger partial charge in [-0.05, 0) is 38.3 Å². The number of rotatable bonds is 8. The molecule has 6 heteroatoms. The first kappa shape index (κ1) is 15.0. The van der Waals surface area contributed by atoms with Crippen molar-refractivity contribution in [3.8, 4) is 17.2 Å². The lowest BCUT2D eigenvalue weighted by Gasteiger charge is -2.25. The third-order valence-corrected chi connectivity index (χ3v) is 4.04. The Morgan fingerprint density at radius 1 is 1.41 bits per heavy atom. The Labute approximate surface area is 129 Å². The molecule has 0 amide bonds. The zero-order valence-corrected chi connectivity index (χ0v) is 12.7. The number of hydrogen-bond acceptors (Lipinski definition) is 5. The normalized spacial score (nSPS) is 17.5. The summed E-state index contributed by atoms with van der Waals surface area (Å²) in [5.74, 6) is 1.43. The largest absolute Gasteiger partial charge is 0.493 e. The van der Waals surface area contributed by atoms with Crippen molar-refractivity contribution in [1.82, 2.24) is 4.90 Å². The monoisotopic (exact) mass is 307 g/mol. The minimum atomic E-state index is -0.761. The minimum absolute atomic E-state index is 0.252. The Kier molecular flexibility index (Phi) is 4.38. The molecule has 1 aromatic rings. The first-order chi connectivity index (χ1) is 10.6. The van der Waals surface area contributed by atoms with Crippen LogP contribution in [0.25, 0.3) is 0 Å². The number of nitrogens with zero attached hydrogens (tertiary/aromatic N) is 1. The Balaban J connectivity index is 1.45. The van der Waals surface area contributed by atoms with E-state index in [0.717, 1.165) is 37.3 Å². The molecule has 1 saturated carbocycles. The third-order valence-electron chi connectivity index (χ3n) is 4.04. The van der Waals surface area contributed by atoms with Gasteiger partial charge in [0.25, 0.3) is 0 Å². The van der Waals surface area contributed by atoms with Crippen molar-refractivity contribution in [1.29, 1.82) is 0 Å². The zero-order valence-electron chi connectivity index (χ0n) is 12.7. The quantitative estimate of drug-likeness (QED) is 0.742. The summed E-state index contributed by atoms with van der Waals surface area (Å²) < 4.78 is 16.3. The first-order valence-electron chi connectivity index (χ1n) is 7.66. The van der Waals surface area contributed by atoms with E-state index in [1.54, 1.807) is 6.92 Å². The summed E-state index contributed by atoms with van der Waals surface area (Å²) in [7, 11) is 0. The van der Waals surface area contributed by atoms with Crippen LogP contribution in [-0.2, 0) is 4.79 Å². The number of carbonyl (C=O) groups is 1. The van der Waals surface area contributed by atoms with Crippen LogP contribution in [0.5, 0.6) is 17.2 Å². The third kappa shape index (κ3) is 3.44. The molecule has 0 bridgehead atoms. The maximum Gasteiger partial charge on any atom is 0.320 e. The van der Waals surface area contributed by atoms with Crippen LogP contribution in [0, 0.1) is 0 Å². The fraction of sp³-hybridized carbons (Fsp3) is 0.562. The summed E-state index contributed by atoms with van der Waals surface area (Å²) in [6, 6.07) is 5.50. The van der Waals surface area contributed by atoms with E-state index in [0.29, 0.717) is 18.4 Å². The number of aliphatic carboxylic acids is 1. The molecule has 0 radical (unpaired) electrons. The second-order valence-electron chi connectivity index (χ2n) is 5.70. The summed E-state index contributed by atoms with van der Waals surface area (Å²) in [6.45, 7) is 3.29. The van der Waals surface area contributed by atoms with E-state index in [1.807, 2.05) is 18.2 Å². The van der Waals surface area contributed by atoms with Crippen molar-refractivity contribution in [3.05, 3.63) is 18.2 Å². The van der Waals surface area contributed by atoms with Crippen LogP contribution in [0.2, 0.25) is 0 Å². The van der Waals surface area contributed by atoms with Crippen LogP contribution < -0.4 is 14.2 Å². The predicted molar refractivity (Wildman–Crippen MR) is 79.5 cm³/mol. The number of carboxylic acid groups (broad SMARTS) is 1. The van der Waals surface area contributed by atoms with Gasteiger partial charge in [0.15, 0.2) is 11.5 Å². The van der Waals surface area contributed by atoms with Gasteiger partial charge in [0.05, 0.1) is 6.61 Å². The lowest BCUT2D eigenvalue weighted by atomic mass is 10.2. The number of benzene rings is 1. The van der Waals surface area contributed by atoms with Crippen LogP contribution in [0.15, 0.2) is 18.2 Å². The molecular formula is C16H21NO5. The van der Waals surface area contributed by atoms with E-state index >= 15 is 0 Å². The van der Waals surface area contributed by atoms with Gasteiger partial charge in [0, 0.05) is 18.7 Å². The SMILES string of the molecule is CC(C(=O)O)N(CCCOc1ccc2c(c1)OCO2)C1CC1. The maximum atomic E-state index is 11.1. The molecule has 120 valence electrons. The first-order valence-corrected chi connectivity index (χ1v) is 7.66. The molecule has 1 heterocycles. The highest BCUT2D eigenvalue weighted by Crippen LogP contribution is 2.35. The summed E-state index contributed by atoms with van der Waals surface area (Å²) >= 11 is 0. The van der Waals surface area contributed by atoms with E-state index < -0.39 is 12.0 Å². The molecule has 1 aromatic carbocycles. The minimum Gasteiger partial charge on any atom is -0.493 e. The smallest absolute Gasteiger partial charge is 0.320 e. The number of fused-ring (bicyclic) bond motifs is 1. The number of hydrogen-bond donors (Lipinski definition) is 1. The predicted octanol–water partition coefficient (Wildman–Crippen LogP) is 2.12. The maximum absolute atomic E-state index is 11.1. The Hall–Kier alpha value is -1.95. The second-order valence-corrected chi connectivity index (χ2v) is 5.70. The van der Waals surface area contributed by atoms with Gasteiger partial charge < -0.3 is 19.3 Å². The van der Waals surface area contributed by atoms with E-state index in [-0.39, 0.29) is 6.79 Å². The Morgan fingerprint density at radius 3 is 2.91 bits per heavy atom. The molecule has 1 atom stereocenters. The average molecular weight is 307 g/mol. The molecule has 3 rings (SSSR count). The van der Waals surface area contributed by atoms with Gasteiger partial charge in [-0.25, -0.2) is 0 Å². The molecule has 1 N–H and O–H groups in total. The highest BCUT2D eigenvalue weighted by atomic mass is 16.7. The molecular weight excluding hydrogens is 286 g/mol. The summed E-state index contributed by atoms with van der Waals surface area (Å²) in [5, 5.41) is 9.15. The average Bonchev–Trinajstić information content (AvgIpc) is 3.23. The standard InChI is InChI=1S/C16H21NO5/c1-11(16(18)19)17(12-3-4-12)7-2-8-20-13-5-6-14-15(9-13)22-10-21-14/h5-6,9,11-12H,2-4,7-8,10H2,1H3,(H,18,19). The van der Waals surface area contributed by atoms with Crippen LogP contribution in [-0.4, -0.2) is 48.0 Å². The van der Waals surface area contributed by atoms with Gasteiger partial charge in [0.2, 0.25) is 6.79 Å². The van der Waals surface area contributed by atoms with Crippen molar-refractivity contribution in [2.75, 3.05) is 19.9 Å². The van der Waals surface area contributed by atoms with E-state index in [2.05, 4.69) is 4.90 Å². The van der Waals surface area contributed by atoms with Gasteiger partial charge in [-0.15, -0.1) is 0 Å². The molecule has 6 nitrogen and oxygen atoms in total.